The Morgan fingerprint density at radius 3 is 2.42 bits per heavy atom. The molecular weight excluding hydrogens is 564 g/mol. The van der Waals surface area contributed by atoms with Gasteiger partial charge < -0.3 is 4.74 Å². The van der Waals surface area contributed by atoms with E-state index in [-0.39, 0.29) is 12.1 Å². The average Bonchev–Trinajstić information content (AvgIpc) is 3.22. The maximum Gasteiger partial charge on any atom is 0.435 e. The summed E-state index contributed by atoms with van der Waals surface area (Å²) in [4.78, 5) is 26.8. The number of anilines is 1. The molecule has 0 saturated heterocycles. The van der Waals surface area contributed by atoms with E-state index in [1.807, 2.05) is 22.6 Å². The van der Waals surface area contributed by atoms with E-state index in [1.54, 1.807) is 25.1 Å². The summed E-state index contributed by atoms with van der Waals surface area (Å²) in [5, 5.41) is 3.33. The number of ether oxygens (including phenoxy) is 1. The van der Waals surface area contributed by atoms with Crippen LogP contribution in [0.3, 0.4) is 0 Å². The Bertz CT molecular complexity index is 1270. The fourth-order valence-electron chi connectivity index (χ4n) is 3.54. The van der Waals surface area contributed by atoms with E-state index >= 15 is 0 Å². The number of aromatic nitrogens is 2. The van der Waals surface area contributed by atoms with Crippen molar-refractivity contribution in [1.29, 1.82) is 0 Å². The lowest BCUT2D eigenvalue weighted by molar-refractivity contribution is -0.141. The van der Waals surface area contributed by atoms with Gasteiger partial charge in [0.25, 0.3) is 11.8 Å². The fourth-order valence-corrected chi connectivity index (χ4v) is 4.27. The Morgan fingerprint density at radius 1 is 1.09 bits per heavy atom. The molecule has 1 aromatic heterocycles. The Morgan fingerprint density at radius 2 is 1.82 bits per heavy atom. The molecule has 4 rings (SSSR count). The summed E-state index contributed by atoms with van der Waals surface area (Å²) in [7, 11) is 0. The molecule has 6 nitrogen and oxygen atoms in total. The summed E-state index contributed by atoms with van der Waals surface area (Å²) >= 11 is 1.97. The molecule has 0 spiro atoms. The molecule has 33 heavy (non-hydrogen) atoms. The van der Waals surface area contributed by atoms with E-state index in [2.05, 4.69) is 9.84 Å². The number of imide groups is 1. The minimum Gasteiger partial charge on any atom is -0.417 e. The van der Waals surface area contributed by atoms with Crippen LogP contribution >= 0.6 is 22.6 Å². The molecule has 0 atom stereocenters. The van der Waals surface area contributed by atoms with Gasteiger partial charge in [0.15, 0.2) is 5.69 Å². The van der Waals surface area contributed by atoms with Crippen molar-refractivity contribution < 1.29 is 36.3 Å². The van der Waals surface area contributed by atoms with Crippen molar-refractivity contribution in [2.24, 2.45) is 0 Å². The number of fused-ring (bicyclic) bond motifs is 1. The summed E-state index contributed by atoms with van der Waals surface area (Å²) in [6.07, 6.45) is -4.84. The minimum atomic E-state index is -4.84. The molecule has 3 aromatic rings. The normalized spacial score (nSPS) is 13.8. The van der Waals surface area contributed by atoms with Crippen LogP contribution in [0.5, 0.6) is 5.88 Å². The van der Waals surface area contributed by atoms with Crippen LogP contribution in [0.25, 0.3) is 0 Å². The van der Waals surface area contributed by atoms with Crippen molar-refractivity contribution in [1.82, 2.24) is 9.78 Å². The van der Waals surface area contributed by atoms with E-state index in [0.717, 1.165) is 4.90 Å². The van der Waals surface area contributed by atoms with Gasteiger partial charge in [0.2, 0.25) is 5.88 Å². The first-order valence-corrected chi connectivity index (χ1v) is 10.4. The number of hydrogen-bond acceptors (Lipinski definition) is 4. The number of amides is 2. The van der Waals surface area contributed by atoms with Gasteiger partial charge in [0.1, 0.15) is 0 Å². The van der Waals surface area contributed by atoms with Crippen molar-refractivity contribution in [3.05, 3.63) is 74.0 Å². The highest BCUT2D eigenvalue weighted by Crippen LogP contribution is 2.34. The first-order chi connectivity index (χ1) is 15.5. The topological polar surface area (TPSA) is 64.4 Å². The number of halogens is 6. The number of carbonyl (C=O) groups excluding carboxylic acids is 2. The second kappa shape index (κ2) is 8.39. The van der Waals surface area contributed by atoms with E-state index in [9.17, 15) is 31.5 Å². The van der Waals surface area contributed by atoms with E-state index in [4.69, 9.17) is 0 Å². The zero-order chi connectivity index (χ0) is 24.1. The largest absolute Gasteiger partial charge is 0.435 e. The molecule has 2 aromatic carbocycles. The van der Waals surface area contributed by atoms with Crippen molar-refractivity contribution in [2.45, 2.75) is 26.3 Å². The smallest absolute Gasteiger partial charge is 0.417 e. The molecule has 0 fully saturated rings. The van der Waals surface area contributed by atoms with E-state index in [1.165, 1.54) is 18.2 Å². The maximum absolute atomic E-state index is 13.0. The van der Waals surface area contributed by atoms with Crippen LogP contribution in [-0.2, 0) is 12.7 Å². The molecule has 0 saturated carbocycles. The van der Waals surface area contributed by atoms with E-state index in [0.29, 0.717) is 36.7 Å². The highest BCUT2D eigenvalue weighted by molar-refractivity contribution is 14.1. The van der Waals surface area contributed by atoms with Gasteiger partial charge in [-0.1, -0.05) is 18.2 Å². The van der Waals surface area contributed by atoms with Crippen LogP contribution in [-0.4, -0.2) is 28.2 Å². The molecule has 0 N–H and O–H groups in total. The number of aryl methyl sites for hydroxylation is 1. The Kier molecular flexibility index (Phi) is 5.88. The third-order valence-electron chi connectivity index (χ3n) is 4.94. The van der Waals surface area contributed by atoms with Crippen LogP contribution in [0.2, 0.25) is 0 Å². The summed E-state index contributed by atoms with van der Waals surface area (Å²) in [6.45, 7) is -2.02. The zero-order valence-corrected chi connectivity index (χ0v) is 18.8. The van der Waals surface area contributed by atoms with Crippen LogP contribution in [0.1, 0.15) is 37.5 Å². The first kappa shape index (κ1) is 23.1. The number of alkyl halides is 5. The summed E-state index contributed by atoms with van der Waals surface area (Å²) in [5.74, 6) is -1.71. The van der Waals surface area contributed by atoms with Crippen LogP contribution in [0, 0.1) is 10.5 Å². The molecule has 0 unspecified atom stereocenters. The van der Waals surface area contributed by atoms with E-state index < -0.39 is 36.2 Å². The predicted molar refractivity (Wildman–Crippen MR) is 114 cm³/mol. The lowest BCUT2D eigenvalue weighted by Gasteiger charge is -2.18. The molecule has 0 aliphatic carbocycles. The first-order valence-electron chi connectivity index (χ1n) is 9.34. The van der Waals surface area contributed by atoms with Crippen LogP contribution in [0.15, 0.2) is 42.5 Å². The molecule has 2 heterocycles. The van der Waals surface area contributed by atoms with Gasteiger partial charge in [-0.3, -0.25) is 9.59 Å². The third-order valence-corrected chi connectivity index (χ3v) is 5.84. The minimum absolute atomic E-state index is 0.278. The summed E-state index contributed by atoms with van der Waals surface area (Å²) in [5.41, 5.74) is 0.403. The number of carbonyl (C=O) groups is 2. The quantitative estimate of drug-likeness (QED) is 0.236. The summed E-state index contributed by atoms with van der Waals surface area (Å²) < 4.78 is 69.7. The van der Waals surface area contributed by atoms with Crippen molar-refractivity contribution in [3.8, 4) is 5.88 Å². The second-order valence-electron chi connectivity index (χ2n) is 7.13. The highest BCUT2D eigenvalue weighted by Gasteiger charge is 2.39. The highest BCUT2D eigenvalue weighted by atomic mass is 127. The Hall–Kier alpha value is -3.03. The summed E-state index contributed by atoms with van der Waals surface area (Å²) in [6, 6.07) is 9.81. The maximum atomic E-state index is 13.0. The van der Waals surface area contributed by atoms with Crippen LogP contribution in [0.4, 0.5) is 27.6 Å². The Balaban J connectivity index is 1.65. The van der Waals surface area contributed by atoms with Gasteiger partial charge in [-0.05, 0) is 58.8 Å². The molecule has 2 amide bonds. The molecule has 0 radical (unpaired) electrons. The lowest BCUT2D eigenvalue weighted by Crippen LogP contribution is -2.30. The molecule has 0 bridgehead atoms. The molecule has 172 valence electrons. The van der Waals surface area contributed by atoms with Crippen LogP contribution < -0.4 is 9.64 Å². The standard InChI is InChI=1S/C21H13F5IN3O3/c1-10-7-11(9-29-16(33-20(22)23)8-15(28-29)21(24,25)26)5-6-14(10)30-18(31)12-3-2-4-13(27)17(12)19(30)32/h2-8,20H,9H2,1H3. The lowest BCUT2D eigenvalue weighted by atomic mass is 10.1. The van der Waals surface area contributed by atoms with Crippen molar-refractivity contribution in [3.63, 3.8) is 0 Å². The molecular formula is C21H13F5IN3O3. The van der Waals surface area contributed by atoms with Gasteiger partial charge in [0.05, 0.1) is 23.4 Å². The molecule has 1 aliphatic heterocycles. The van der Waals surface area contributed by atoms with Gasteiger partial charge in [-0.25, -0.2) is 9.58 Å². The zero-order valence-electron chi connectivity index (χ0n) is 16.7. The van der Waals surface area contributed by atoms with Gasteiger partial charge in [-0.15, -0.1) is 0 Å². The number of benzene rings is 2. The third kappa shape index (κ3) is 4.30. The monoisotopic (exact) mass is 577 g/mol. The second-order valence-corrected chi connectivity index (χ2v) is 8.29. The van der Waals surface area contributed by atoms with Gasteiger partial charge >= 0.3 is 12.8 Å². The molecule has 12 heteroatoms. The fraction of sp³-hybridized carbons (Fsp3) is 0.190. The number of rotatable bonds is 5. The van der Waals surface area contributed by atoms with Crippen molar-refractivity contribution >= 4 is 40.1 Å². The van der Waals surface area contributed by atoms with Gasteiger partial charge in [-0.2, -0.15) is 27.1 Å². The Labute approximate surface area is 197 Å². The predicted octanol–water partition coefficient (Wildman–Crippen LogP) is 5.27. The van der Waals surface area contributed by atoms with Gasteiger partial charge in [0, 0.05) is 9.64 Å². The SMILES string of the molecule is Cc1cc(Cn2nc(C(F)(F)F)cc2OC(F)F)ccc1N1C(=O)c2cccc(I)c2C1=O. The number of nitrogens with zero attached hydrogens (tertiary/aromatic N) is 3. The molecule has 1 aliphatic rings. The number of hydrogen-bond donors (Lipinski definition) is 0. The average molecular weight is 577 g/mol. The van der Waals surface area contributed by atoms with Crippen molar-refractivity contribution in [2.75, 3.05) is 4.90 Å².